The normalized spacial score (nSPS) is 20.2. The number of hydrogen-bond donors (Lipinski definition) is 1. The van der Waals surface area contributed by atoms with E-state index >= 15 is 0 Å². The van der Waals surface area contributed by atoms with E-state index in [2.05, 4.69) is 31.3 Å². The number of hydrogen-bond acceptors (Lipinski definition) is 2. The molecule has 1 unspecified atom stereocenters. The van der Waals surface area contributed by atoms with Crippen LogP contribution in [0.25, 0.3) is 0 Å². The Morgan fingerprint density at radius 1 is 1.12 bits per heavy atom. The summed E-state index contributed by atoms with van der Waals surface area (Å²) < 4.78 is 0.946. The monoisotopic (exact) mass is 350 g/mol. The number of nitrogens with zero attached hydrogens (tertiary/aromatic N) is 2. The lowest BCUT2D eigenvalue weighted by Crippen LogP contribution is -2.53. The highest BCUT2D eigenvalue weighted by atomic mass is 16.1. The maximum absolute atomic E-state index is 11.1. The Morgan fingerprint density at radius 3 is 2.52 bits per heavy atom. The summed E-state index contributed by atoms with van der Waals surface area (Å²) in [5.41, 5.74) is 0. The van der Waals surface area contributed by atoms with Gasteiger partial charge in [-0.2, -0.15) is 0 Å². The lowest BCUT2D eigenvalue weighted by Gasteiger charge is -2.33. The molecule has 0 aromatic heterocycles. The fourth-order valence-corrected chi connectivity index (χ4v) is 3.62. The molecule has 4 heteroatoms. The van der Waals surface area contributed by atoms with Gasteiger partial charge in [0.25, 0.3) is 0 Å². The van der Waals surface area contributed by atoms with Gasteiger partial charge in [-0.3, -0.25) is 9.28 Å². The van der Waals surface area contributed by atoms with Gasteiger partial charge in [0.1, 0.15) is 13.1 Å². The summed E-state index contributed by atoms with van der Waals surface area (Å²) in [7, 11) is 0. The molecule has 0 aliphatic carbocycles. The standard InChI is InChI=1S/C21H39N3O/c1-4-6-7-8-9-10-11-12-13-14-15-21-23-17-19-24(21,5-2)18-16-22-20(3)25/h13-14H,4-12,15-19H2,1-3H3/p+1/b14-13+. The number of carbonyl (C=O) groups excluding carboxylic acids is 1. The summed E-state index contributed by atoms with van der Waals surface area (Å²) >= 11 is 0. The predicted octanol–water partition coefficient (Wildman–Crippen LogP) is 4.46. The Balaban J connectivity index is 2.24. The van der Waals surface area contributed by atoms with E-state index < -0.39 is 0 Å². The van der Waals surface area contributed by atoms with Crippen LogP contribution in [0.4, 0.5) is 0 Å². The maximum Gasteiger partial charge on any atom is 0.217 e. The van der Waals surface area contributed by atoms with E-state index in [1.165, 1.54) is 57.2 Å². The molecule has 1 heterocycles. The Hall–Kier alpha value is -1.16. The van der Waals surface area contributed by atoms with Gasteiger partial charge in [0.15, 0.2) is 0 Å². The number of quaternary nitrogens is 1. The fourth-order valence-electron chi connectivity index (χ4n) is 3.62. The van der Waals surface area contributed by atoms with E-state index in [9.17, 15) is 4.79 Å². The molecule has 0 saturated heterocycles. The van der Waals surface area contributed by atoms with Crippen LogP contribution < -0.4 is 5.32 Å². The largest absolute Gasteiger partial charge is 0.351 e. The number of amides is 1. The van der Waals surface area contributed by atoms with Crippen molar-refractivity contribution in [2.75, 3.05) is 32.7 Å². The predicted molar refractivity (Wildman–Crippen MR) is 108 cm³/mol. The summed E-state index contributed by atoms with van der Waals surface area (Å²) in [4.78, 5) is 15.9. The van der Waals surface area contributed by atoms with Crippen molar-refractivity contribution in [2.45, 2.75) is 78.6 Å². The molecule has 25 heavy (non-hydrogen) atoms. The number of unbranched alkanes of at least 4 members (excludes halogenated alkanes) is 7. The Labute approximate surface area is 155 Å². The van der Waals surface area contributed by atoms with E-state index in [0.29, 0.717) is 0 Å². The molecule has 0 aromatic carbocycles. The average molecular weight is 351 g/mol. The second kappa shape index (κ2) is 13.1. The summed E-state index contributed by atoms with van der Waals surface area (Å²) in [5, 5.41) is 2.93. The molecule has 0 bridgehead atoms. The number of nitrogens with one attached hydrogen (secondary N) is 1. The zero-order valence-electron chi connectivity index (χ0n) is 16.9. The van der Waals surface area contributed by atoms with Gasteiger partial charge in [0.2, 0.25) is 11.7 Å². The van der Waals surface area contributed by atoms with Crippen LogP contribution in [0.5, 0.6) is 0 Å². The second-order valence-electron chi connectivity index (χ2n) is 7.28. The smallest absolute Gasteiger partial charge is 0.217 e. The molecule has 1 rings (SSSR count). The maximum atomic E-state index is 11.1. The first kappa shape index (κ1) is 21.9. The van der Waals surface area contributed by atoms with Crippen molar-refractivity contribution in [1.82, 2.24) is 5.32 Å². The number of aliphatic imine (C=N–C) groups is 1. The second-order valence-corrected chi connectivity index (χ2v) is 7.28. The van der Waals surface area contributed by atoms with E-state index in [1.807, 2.05) is 0 Å². The van der Waals surface area contributed by atoms with Crippen molar-refractivity contribution in [3.63, 3.8) is 0 Å². The van der Waals surface area contributed by atoms with Crippen LogP contribution in [0.3, 0.4) is 0 Å². The van der Waals surface area contributed by atoms with Crippen LogP contribution in [0.15, 0.2) is 17.1 Å². The van der Waals surface area contributed by atoms with Crippen molar-refractivity contribution in [1.29, 1.82) is 0 Å². The Morgan fingerprint density at radius 2 is 1.84 bits per heavy atom. The van der Waals surface area contributed by atoms with Gasteiger partial charge in [-0.1, -0.05) is 57.6 Å². The van der Waals surface area contributed by atoms with Gasteiger partial charge in [-0.15, -0.1) is 0 Å². The van der Waals surface area contributed by atoms with Crippen LogP contribution in [0.2, 0.25) is 0 Å². The highest BCUT2D eigenvalue weighted by molar-refractivity contribution is 5.78. The summed E-state index contributed by atoms with van der Waals surface area (Å²) in [6.45, 7) is 10.9. The minimum atomic E-state index is 0.0570. The molecule has 0 radical (unpaired) electrons. The minimum absolute atomic E-state index is 0.0570. The molecule has 1 aliphatic heterocycles. The van der Waals surface area contributed by atoms with E-state index in [1.54, 1.807) is 6.92 Å². The third-order valence-corrected chi connectivity index (χ3v) is 5.33. The Bertz CT molecular complexity index is 431. The van der Waals surface area contributed by atoms with Crippen LogP contribution >= 0.6 is 0 Å². The van der Waals surface area contributed by atoms with Gasteiger partial charge in [0.05, 0.1) is 26.1 Å². The van der Waals surface area contributed by atoms with Crippen molar-refractivity contribution < 1.29 is 9.28 Å². The summed E-state index contributed by atoms with van der Waals surface area (Å²) in [5.74, 6) is 1.35. The number of likely N-dealkylation sites (N-methyl/N-ethyl adjacent to an activating group) is 1. The van der Waals surface area contributed by atoms with Crippen LogP contribution in [0, 0.1) is 0 Å². The molecule has 1 atom stereocenters. The van der Waals surface area contributed by atoms with Gasteiger partial charge >= 0.3 is 0 Å². The third-order valence-electron chi connectivity index (χ3n) is 5.33. The minimum Gasteiger partial charge on any atom is -0.351 e. The van der Waals surface area contributed by atoms with Crippen LogP contribution in [-0.2, 0) is 4.79 Å². The third kappa shape index (κ3) is 8.66. The first-order valence-corrected chi connectivity index (χ1v) is 10.4. The zero-order chi connectivity index (χ0) is 18.4. The highest BCUT2D eigenvalue weighted by Gasteiger charge is 2.35. The van der Waals surface area contributed by atoms with Gasteiger partial charge in [-0.05, 0) is 19.8 Å². The van der Waals surface area contributed by atoms with Crippen molar-refractivity contribution >= 4 is 11.7 Å². The molecular formula is C21H40N3O+. The lowest BCUT2D eigenvalue weighted by molar-refractivity contribution is -0.832. The molecule has 0 spiro atoms. The molecule has 0 saturated carbocycles. The number of carbonyl (C=O) groups is 1. The van der Waals surface area contributed by atoms with E-state index in [0.717, 1.165) is 43.6 Å². The van der Waals surface area contributed by atoms with Gasteiger partial charge in [-0.25, -0.2) is 4.99 Å². The lowest BCUT2D eigenvalue weighted by atomic mass is 10.1. The van der Waals surface area contributed by atoms with Crippen molar-refractivity contribution in [3.05, 3.63) is 12.2 Å². The number of rotatable bonds is 14. The summed E-state index contributed by atoms with van der Waals surface area (Å²) in [6.07, 6.45) is 16.4. The average Bonchev–Trinajstić information content (AvgIpc) is 2.99. The molecule has 1 amide bonds. The van der Waals surface area contributed by atoms with E-state index in [-0.39, 0.29) is 5.91 Å². The van der Waals surface area contributed by atoms with Gasteiger partial charge in [0, 0.05) is 6.92 Å². The van der Waals surface area contributed by atoms with Crippen molar-refractivity contribution in [2.24, 2.45) is 4.99 Å². The molecule has 1 N–H and O–H groups in total. The van der Waals surface area contributed by atoms with Crippen LogP contribution in [0.1, 0.15) is 78.6 Å². The van der Waals surface area contributed by atoms with Gasteiger partial charge < -0.3 is 5.32 Å². The van der Waals surface area contributed by atoms with Crippen molar-refractivity contribution in [3.8, 4) is 0 Å². The molecular weight excluding hydrogens is 310 g/mol. The topological polar surface area (TPSA) is 41.5 Å². The molecule has 0 aromatic rings. The molecule has 0 fully saturated rings. The first-order valence-electron chi connectivity index (χ1n) is 10.4. The fraction of sp³-hybridized carbons (Fsp3) is 0.810. The molecule has 1 aliphatic rings. The summed E-state index contributed by atoms with van der Waals surface area (Å²) in [6, 6.07) is 0. The molecule has 4 nitrogen and oxygen atoms in total. The number of amidine groups is 1. The van der Waals surface area contributed by atoms with Crippen LogP contribution in [-0.4, -0.2) is 48.9 Å². The first-order chi connectivity index (χ1) is 12.1. The quantitative estimate of drug-likeness (QED) is 0.280. The SMILES string of the molecule is CCCCCCCCC/C=C/CC1=NCC[N+]1(CC)CCNC(C)=O. The Kier molecular flexibility index (Phi) is 11.5. The highest BCUT2D eigenvalue weighted by Crippen LogP contribution is 2.18. The molecule has 144 valence electrons. The number of allylic oxidation sites excluding steroid dienone is 1. The van der Waals surface area contributed by atoms with E-state index in [4.69, 9.17) is 4.99 Å². The zero-order valence-corrected chi connectivity index (χ0v) is 16.9.